The van der Waals surface area contributed by atoms with Crippen LogP contribution in [0.2, 0.25) is 0 Å². The van der Waals surface area contributed by atoms with Crippen LogP contribution in [0.3, 0.4) is 0 Å². The van der Waals surface area contributed by atoms with Crippen molar-refractivity contribution in [2.75, 3.05) is 0 Å². The minimum Gasteiger partial charge on any atom is -0.476 e. The van der Waals surface area contributed by atoms with E-state index in [9.17, 15) is 18.0 Å². The number of nitrogens with one attached hydrogen (secondary N) is 1. The van der Waals surface area contributed by atoms with Gasteiger partial charge in [0.15, 0.2) is 5.69 Å². The molecule has 2 rings (SSSR count). The van der Waals surface area contributed by atoms with Crippen molar-refractivity contribution in [1.82, 2.24) is 10.2 Å². The first-order valence-corrected chi connectivity index (χ1v) is 5.15. The lowest BCUT2D eigenvalue weighted by atomic mass is 10.3. The van der Waals surface area contributed by atoms with Crippen molar-refractivity contribution in [1.29, 1.82) is 0 Å². The Bertz CT molecular complexity index is 559. The number of rotatable bonds is 2. The van der Waals surface area contributed by atoms with Gasteiger partial charge >= 0.3 is 12.1 Å². The van der Waals surface area contributed by atoms with Gasteiger partial charge in [0.05, 0.1) is 10.6 Å². The van der Waals surface area contributed by atoms with Crippen molar-refractivity contribution < 1.29 is 23.1 Å². The summed E-state index contributed by atoms with van der Waals surface area (Å²) >= 11 is 0.529. The lowest BCUT2D eigenvalue weighted by molar-refractivity contribution is -0.134. The highest BCUT2D eigenvalue weighted by atomic mass is 32.1. The molecule has 0 aliphatic carbocycles. The number of H-pyrrole nitrogens is 1. The van der Waals surface area contributed by atoms with Gasteiger partial charge in [-0.3, -0.25) is 5.10 Å². The van der Waals surface area contributed by atoms with Crippen LogP contribution in [0, 0.1) is 0 Å². The second-order valence-corrected chi connectivity index (χ2v) is 4.22. The second-order valence-electron chi connectivity index (χ2n) is 3.13. The Hall–Kier alpha value is -1.83. The summed E-state index contributed by atoms with van der Waals surface area (Å²) in [5.41, 5.74) is 0.0184. The first kappa shape index (κ1) is 11.6. The predicted octanol–water partition coefficient (Wildman–Crippen LogP) is 2.86. The van der Waals surface area contributed by atoms with Crippen molar-refractivity contribution in [3.63, 3.8) is 0 Å². The molecule has 0 bridgehead atoms. The van der Waals surface area contributed by atoms with Gasteiger partial charge in [-0.15, -0.1) is 11.3 Å². The van der Waals surface area contributed by atoms with Gasteiger partial charge in [-0.25, -0.2) is 4.79 Å². The van der Waals surface area contributed by atoms with Crippen LogP contribution < -0.4 is 0 Å². The SMILES string of the molecule is O=C(O)c1cc(-c2ccc(C(F)(F)F)s2)[nH]n1. The van der Waals surface area contributed by atoms with Crippen molar-refractivity contribution in [2.24, 2.45) is 0 Å². The molecule has 2 aromatic heterocycles. The minimum atomic E-state index is -4.39. The Kier molecular flexibility index (Phi) is 2.66. The number of carbonyl (C=O) groups is 1. The Morgan fingerprint density at radius 1 is 1.41 bits per heavy atom. The summed E-state index contributed by atoms with van der Waals surface area (Å²) in [4.78, 5) is 10.1. The number of hydrogen-bond acceptors (Lipinski definition) is 3. The van der Waals surface area contributed by atoms with E-state index in [4.69, 9.17) is 5.11 Å². The quantitative estimate of drug-likeness (QED) is 0.874. The van der Waals surface area contributed by atoms with Crippen molar-refractivity contribution in [3.05, 3.63) is 28.8 Å². The molecular formula is C9H5F3N2O2S. The molecule has 0 aromatic carbocycles. The third kappa shape index (κ3) is 2.31. The molecule has 0 atom stereocenters. The van der Waals surface area contributed by atoms with E-state index in [-0.39, 0.29) is 16.3 Å². The maximum Gasteiger partial charge on any atom is 0.425 e. The van der Waals surface area contributed by atoms with Crippen molar-refractivity contribution in [2.45, 2.75) is 6.18 Å². The summed E-state index contributed by atoms with van der Waals surface area (Å²) in [6.45, 7) is 0. The number of aromatic nitrogens is 2. The molecule has 0 spiro atoms. The fourth-order valence-corrected chi connectivity index (χ4v) is 2.03. The number of aromatic amines is 1. The zero-order valence-corrected chi connectivity index (χ0v) is 8.89. The maximum atomic E-state index is 12.3. The zero-order chi connectivity index (χ0) is 12.6. The van der Waals surface area contributed by atoms with Gasteiger partial charge in [0, 0.05) is 0 Å². The highest BCUT2D eigenvalue weighted by Crippen LogP contribution is 2.37. The third-order valence-electron chi connectivity index (χ3n) is 1.95. The molecule has 0 amide bonds. The Labute approximate surface area is 96.7 Å². The van der Waals surface area contributed by atoms with Gasteiger partial charge in [-0.1, -0.05) is 0 Å². The average Bonchev–Trinajstić information content (AvgIpc) is 2.85. The van der Waals surface area contributed by atoms with Crippen LogP contribution in [0.15, 0.2) is 18.2 Å². The molecule has 17 heavy (non-hydrogen) atoms. The highest BCUT2D eigenvalue weighted by molar-refractivity contribution is 7.15. The van der Waals surface area contributed by atoms with Crippen LogP contribution in [0.1, 0.15) is 15.4 Å². The first-order chi connectivity index (χ1) is 7.88. The van der Waals surface area contributed by atoms with Crippen molar-refractivity contribution in [3.8, 4) is 10.6 Å². The standard InChI is InChI=1S/C9H5F3N2O2S/c10-9(11,12)7-2-1-6(17-7)4-3-5(8(15)16)14-13-4/h1-3H,(H,13,14)(H,15,16). The molecule has 90 valence electrons. The molecule has 4 nitrogen and oxygen atoms in total. The smallest absolute Gasteiger partial charge is 0.425 e. The van der Waals surface area contributed by atoms with Crippen LogP contribution in [0.25, 0.3) is 10.6 Å². The summed E-state index contributed by atoms with van der Waals surface area (Å²) < 4.78 is 37.0. The molecule has 0 fully saturated rings. The van der Waals surface area contributed by atoms with E-state index in [0.717, 1.165) is 6.07 Å². The Balaban J connectivity index is 2.34. The summed E-state index contributed by atoms with van der Waals surface area (Å²) in [5.74, 6) is -1.24. The number of hydrogen-bond donors (Lipinski definition) is 2. The maximum absolute atomic E-state index is 12.3. The van der Waals surface area contributed by atoms with Crippen LogP contribution in [-0.4, -0.2) is 21.3 Å². The second kappa shape index (κ2) is 3.88. The van der Waals surface area contributed by atoms with E-state index >= 15 is 0 Å². The van der Waals surface area contributed by atoms with E-state index in [1.807, 2.05) is 0 Å². The number of carboxylic acid groups (broad SMARTS) is 1. The number of alkyl halides is 3. The van der Waals surface area contributed by atoms with Gasteiger partial charge in [0.1, 0.15) is 4.88 Å². The summed E-state index contributed by atoms with van der Waals surface area (Å²) in [5, 5.41) is 14.5. The number of aromatic carboxylic acids is 1. The van der Waals surface area contributed by atoms with Gasteiger partial charge in [0.2, 0.25) is 0 Å². The molecule has 0 saturated carbocycles. The van der Waals surface area contributed by atoms with Gasteiger partial charge < -0.3 is 5.11 Å². The molecule has 0 aliphatic rings. The molecule has 8 heteroatoms. The third-order valence-corrected chi connectivity index (χ3v) is 3.11. The number of carboxylic acids is 1. The van der Waals surface area contributed by atoms with Crippen LogP contribution >= 0.6 is 11.3 Å². The van der Waals surface area contributed by atoms with Crippen LogP contribution in [0.4, 0.5) is 13.2 Å². The van der Waals surface area contributed by atoms with E-state index in [1.54, 1.807) is 0 Å². The molecule has 0 radical (unpaired) electrons. The molecule has 2 aromatic rings. The van der Waals surface area contributed by atoms with E-state index in [1.165, 1.54) is 12.1 Å². The normalized spacial score (nSPS) is 11.7. The molecule has 0 saturated heterocycles. The minimum absolute atomic E-state index is 0.234. The Morgan fingerprint density at radius 2 is 2.12 bits per heavy atom. The number of thiophene rings is 1. The summed E-state index contributed by atoms with van der Waals surface area (Å²) in [7, 11) is 0. The fraction of sp³-hybridized carbons (Fsp3) is 0.111. The molecule has 0 unspecified atom stereocenters. The molecule has 2 N–H and O–H groups in total. The van der Waals surface area contributed by atoms with Crippen molar-refractivity contribution >= 4 is 17.3 Å². The van der Waals surface area contributed by atoms with Crippen LogP contribution in [-0.2, 0) is 6.18 Å². The summed E-state index contributed by atoms with van der Waals surface area (Å²) in [6, 6.07) is 3.40. The molecule has 0 aliphatic heterocycles. The van der Waals surface area contributed by atoms with Gasteiger partial charge in [-0.2, -0.15) is 18.3 Å². The largest absolute Gasteiger partial charge is 0.476 e. The molecular weight excluding hydrogens is 257 g/mol. The highest BCUT2D eigenvalue weighted by Gasteiger charge is 2.32. The average molecular weight is 262 g/mol. The lowest BCUT2D eigenvalue weighted by Gasteiger charge is -2.00. The monoisotopic (exact) mass is 262 g/mol. The predicted molar refractivity (Wildman–Crippen MR) is 53.9 cm³/mol. The van der Waals surface area contributed by atoms with Crippen LogP contribution in [0.5, 0.6) is 0 Å². The zero-order valence-electron chi connectivity index (χ0n) is 8.08. The van der Waals surface area contributed by atoms with E-state index in [2.05, 4.69) is 10.2 Å². The van der Waals surface area contributed by atoms with E-state index in [0.29, 0.717) is 11.3 Å². The lowest BCUT2D eigenvalue weighted by Crippen LogP contribution is -2.00. The van der Waals surface area contributed by atoms with E-state index < -0.39 is 17.0 Å². The summed E-state index contributed by atoms with van der Waals surface area (Å²) in [6.07, 6.45) is -4.39. The first-order valence-electron chi connectivity index (χ1n) is 4.34. The van der Waals surface area contributed by atoms with Gasteiger partial charge in [-0.05, 0) is 18.2 Å². The topological polar surface area (TPSA) is 66.0 Å². The van der Waals surface area contributed by atoms with Gasteiger partial charge in [0.25, 0.3) is 0 Å². The number of halogens is 3. The molecule has 2 heterocycles. The fourth-order valence-electron chi connectivity index (χ4n) is 1.19. The number of nitrogens with zero attached hydrogens (tertiary/aromatic N) is 1. The Morgan fingerprint density at radius 3 is 2.59 bits per heavy atom.